The molecule has 0 bridgehead atoms. The maximum atomic E-state index is 12.0. The summed E-state index contributed by atoms with van der Waals surface area (Å²) in [5, 5.41) is 3.34. The van der Waals surface area contributed by atoms with E-state index in [0.717, 1.165) is 12.8 Å². The Balaban J connectivity index is 2.03. The molecule has 1 amide bonds. The molecule has 1 aromatic carbocycles. The minimum absolute atomic E-state index is 0.151. The number of ether oxygens (including phenoxy) is 1. The molecule has 2 rings (SSSR count). The molecule has 1 aliphatic rings. The molecule has 1 aliphatic heterocycles. The van der Waals surface area contributed by atoms with Crippen molar-refractivity contribution in [1.82, 2.24) is 5.32 Å². The zero-order valence-electron chi connectivity index (χ0n) is 9.41. The summed E-state index contributed by atoms with van der Waals surface area (Å²) in [5.41, 5.74) is 6.60. The first kappa shape index (κ1) is 12.2. The van der Waals surface area contributed by atoms with Crippen LogP contribution in [0.4, 0.5) is 5.69 Å². The van der Waals surface area contributed by atoms with Gasteiger partial charge in [0.1, 0.15) is 0 Å². The van der Waals surface area contributed by atoms with Crippen LogP contribution in [0, 0.1) is 0 Å². The third-order valence-corrected chi connectivity index (χ3v) is 3.11. The van der Waals surface area contributed by atoms with E-state index in [1.807, 2.05) is 0 Å². The first-order valence-electron chi connectivity index (χ1n) is 5.60. The van der Waals surface area contributed by atoms with Crippen LogP contribution in [0.25, 0.3) is 0 Å². The molecule has 0 saturated carbocycles. The second-order valence-electron chi connectivity index (χ2n) is 4.10. The predicted octanol–water partition coefficient (Wildman–Crippen LogP) is 1.83. The van der Waals surface area contributed by atoms with Crippen LogP contribution in [-0.4, -0.2) is 25.2 Å². The number of nitrogen functional groups attached to an aromatic ring is 1. The van der Waals surface area contributed by atoms with Crippen LogP contribution in [0.3, 0.4) is 0 Å². The van der Waals surface area contributed by atoms with Gasteiger partial charge in [-0.15, -0.1) is 0 Å². The van der Waals surface area contributed by atoms with Crippen molar-refractivity contribution in [3.05, 3.63) is 28.8 Å². The minimum Gasteiger partial charge on any atom is -0.399 e. The summed E-state index contributed by atoms with van der Waals surface area (Å²) in [6.07, 6.45) is 1.69. The van der Waals surface area contributed by atoms with Gasteiger partial charge in [-0.05, 0) is 31.0 Å². The molecule has 17 heavy (non-hydrogen) atoms. The second-order valence-corrected chi connectivity index (χ2v) is 4.51. The van der Waals surface area contributed by atoms with E-state index >= 15 is 0 Å². The molecule has 92 valence electrons. The van der Waals surface area contributed by atoms with Crippen LogP contribution < -0.4 is 11.1 Å². The summed E-state index contributed by atoms with van der Waals surface area (Å²) < 4.78 is 5.23. The van der Waals surface area contributed by atoms with Crippen LogP contribution in [-0.2, 0) is 4.74 Å². The van der Waals surface area contributed by atoms with E-state index in [-0.39, 0.29) is 11.9 Å². The number of hydrogen-bond donors (Lipinski definition) is 2. The third kappa shape index (κ3) is 3.11. The summed E-state index contributed by atoms with van der Waals surface area (Å²) in [7, 11) is 0. The van der Waals surface area contributed by atoms with Crippen molar-refractivity contribution in [3.63, 3.8) is 0 Å². The van der Waals surface area contributed by atoms with Crippen LogP contribution in [0.15, 0.2) is 18.2 Å². The molecular formula is C12H15ClN2O2. The summed E-state index contributed by atoms with van der Waals surface area (Å²) in [4.78, 5) is 12.0. The molecule has 3 N–H and O–H groups in total. The van der Waals surface area contributed by atoms with Crippen molar-refractivity contribution in [2.75, 3.05) is 18.9 Å². The molecule has 0 aliphatic carbocycles. The van der Waals surface area contributed by atoms with Crippen molar-refractivity contribution >= 4 is 23.2 Å². The van der Waals surface area contributed by atoms with Crippen LogP contribution >= 0.6 is 11.6 Å². The number of anilines is 1. The van der Waals surface area contributed by atoms with Gasteiger partial charge in [0.25, 0.3) is 5.91 Å². The monoisotopic (exact) mass is 254 g/mol. The lowest BCUT2D eigenvalue weighted by atomic mass is 10.1. The Morgan fingerprint density at radius 3 is 2.76 bits per heavy atom. The van der Waals surface area contributed by atoms with Gasteiger partial charge in [-0.3, -0.25) is 4.79 Å². The van der Waals surface area contributed by atoms with Gasteiger partial charge in [-0.25, -0.2) is 0 Å². The Hall–Kier alpha value is -1.26. The van der Waals surface area contributed by atoms with Crippen molar-refractivity contribution in [2.45, 2.75) is 18.9 Å². The van der Waals surface area contributed by atoms with Gasteiger partial charge in [0.05, 0.1) is 10.6 Å². The largest absolute Gasteiger partial charge is 0.399 e. The standard InChI is InChI=1S/C12H15ClN2O2/c13-11-7-8(14)1-2-10(11)12(16)15-9-3-5-17-6-4-9/h1-2,7,9H,3-6,14H2,(H,15,16). The fraction of sp³-hybridized carbons (Fsp3) is 0.417. The molecule has 0 spiro atoms. The minimum atomic E-state index is -0.151. The Labute approximate surface area is 105 Å². The van der Waals surface area contributed by atoms with E-state index in [9.17, 15) is 4.79 Å². The topological polar surface area (TPSA) is 64.4 Å². The molecule has 0 radical (unpaired) electrons. The second kappa shape index (κ2) is 5.38. The first-order chi connectivity index (χ1) is 8.16. The van der Waals surface area contributed by atoms with Gasteiger partial charge in [0, 0.05) is 24.9 Å². The molecule has 1 saturated heterocycles. The average Bonchev–Trinajstić information content (AvgIpc) is 2.30. The molecule has 1 aromatic rings. The number of benzene rings is 1. The maximum Gasteiger partial charge on any atom is 0.253 e. The molecule has 5 heteroatoms. The molecule has 0 atom stereocenters. The zero-order valence-corrected chi connectivity index (χ0v) is 10.2. The van der Waals surface area contributed by atoms with Crippen LogP contribution in [0.5, 0.6) is 0 Å². The average molecular weight is 255 g/mol. The molecule has 0 unspecified atom stereocenters. The lowest BCUT2D eigenvalue weighted by molar-refractivity contribution is 0.0696. The van der Waals surface area contributed by atoms with Gasteiger partial charge in [-0.2, -0.15) is 0 Å². The number of rotatable bonds is 2. The quantitative estimate of drug-likeness (QED) is 0.792. The smallest absolute Gasteiger partial charge is 0.253 e. The molecule has 0 aromatic heterocycles. The third-order valence-electron chi connectivity index (χ3n) is 2.79. The highest BCUT2D eigenvalue weighted by Crippen LogP contribution is 2.19. The van der Waals surface area contributed by atoms with E-state index in [4.69, 9.17) is 22.1 Å². The van der Waals surface area contributed by atoms with Gasteiger partial charge >= 0.3 is 0 Å². The summed E-state index contributed by atoms with van der Waals surface area (Å²) in [6.45, 7) is 1.39. The first-order valence-corrected chi connectivity index (χ1v) is 5.98. The molecule has 1 heterocycles. The van der Waals surface area contributed by atoms with E-state index in [1.54, 1.807) is 18.2 Å². The summed E-state index contributed by atoms with van der Waals surface area (Å²) >= 11 is 5.98. The van der Waals surface area contributed by atoms with E-state index in [1.165, 1.54) is 0 Å². The Morgan fingerprint density at radius 1 is 1.41 bits per heavy atom. The number of carbonyl (C=O) groups is 1. The number of nitrogens with two attached hydrogens (primary N) is 1. The number of carbonyl (C=O) groups excluding carboxylic acids is 1. The molecule has 1 fully saturated rings. The highest BCUT2D eigenvalue weighted by molar-refractivity contribution is 6.34. The summed E-state index contributed by atoms with van der Waals surface area (Å²) in [6, 6.07) is 5.07. The van der Waals surface area contributed by atoms with Gasteiger partial charge in [0.15, 0.2) is 0 Å². The number of nitrogens with one attached hydrogen (secondary N) is 1. The lowest BCUT2D eigenvalue weighted by Gasteiger charge is -2.23. The van der Waals surface area contributed by atoms with Gasteiger partial charge < -0.3 is 15.8 Å². The zero-order chi connectivity index (χ0) is 12.3. The molecule has 4 nitrogen and oxygen atoms in total. The molecular weight excluding hydrogens is 240 g/mol. The summed E-state index contributed by atoms with van der Waals surface area (Å²) in [5.74, 6) is -0.151. The van der Waals surface area contributed by atoms with Crippen molar-refractivity contribution in [3.8, 4) is 0 Å². The normalized spacial score (nSPS) is 16.8. The van der Waals surface area contributed by atoms with Gasteiger partial charge in [0.2, 0.25) is 0 Å². The van der Waals surface area contributed by atoms with Crippen molar-refractivity contribution in [1.29, 1.82) is 0 Å². The van der Waals surface area contributed by atoms with Crippen molar-refractivity contribution in [2.24, 2.45) is 0 Å². The number of halogens is 1. The van der Waals surface area contributed by atoms with E-state index in [2.05, 4.69) is 5.32 Å². The highest BCUT2D eigenvalue weighted by Gasteiger charge is 2.18. The Morgan fingerprint density at radius 2 is 2.12 bits per heavy atom. The van der Waals surface area contributed by atoms with Crippen LogP contribution in [0.1, 0.15) is 23.2 Å². The van der Waals surface area contributed by atoms with Crippen molar-refractivity contribution < 1.29 is 9.53 Å². The highest BCUT2D eigenvalue weighted by atomic mass is 35.5. The van der Waals surface area contributed by atoms with Crippen LogP contribution in [0.2, 0.25) is 5.02 Å². The fourth-order valence-electron chi connectivity index (χ4n) is 1.82. The maximum absolute atomic E-state index is 12.0. The SMILES string of the molecule is Nc1ccc(C(=O)NC2CCOCC2)c(Cl)c1. The van der Waals surface area contributed by atoms with Gasteiger partial charge in [-0.1, -0.05) is 11.6 Å². The van der Waals surface area contributed by atoms with E-state index < -0.39 is 0 Å². The lowest BCUT2D eigenvalue weighted by Crippen LogP contribution is -2.39. The number of amides is 1. The predicted molar refractivity (Wildman–Crippen MR) is 67.2 cm³/mol. The Kier molecular flexibility index (Phi) is 3.86. The fourth-order valence-corrected chi connectivity index (χ4v) is 2.10. The Bertz CT molecular complexity index is 417. The van der Waals surface area contributed by atoms with E-state index in [0.29, 0.717) is 29.5 Å². The number of hydrogen-bond acceptors (Lipinski definition) is 3.